The molecule has 41 heavy (non-hydrogen) atoms. The van der Waals surface area contributed by atoms with Crippen molar-refractivity contribution in [1.82, 2.24) is 19.7 Å². The van der Waals surface area contributed by atoms with Crippen LogP contribution < -0.4 is 14.8 Å². The molecule has 3 aliphatic heterocycles. The zero-order valence-corrected chi connectivity index (χ0v) is 25.5. The van der Waals surface area contributed by atoms with Gasteiger partial charge >= 0.3 is 0 Å². The second-order valence-electron chi connectivity index (χ2n) is 10.3. The summed E-state index contributed by atoms with van der Waals surface area (Å²) in [5, 5.41) is 8.07. The van der Waals surface area contributed by atoms with E-state index in [1.165, 1.54) is 0 Å². The normalized spacial score (nSPS) is 20.6. The van der Waals surface area contributed by atoms with E-state index in [4.69, 9.17) is 31.1 Å². The van der Waals surface area contributed by atoms with E-state index in [2.05, 4.69) is 33.0 Å². The van der Waals surface area contributed by atoms with Crippen LogP contribution in [0, 0.1) is 9.49 Å². The number of aromatic nitrogens is 3. The van der Waals surface area contributed by atoms with Gasteiger partial charge in [0, 0.05) is 39.2 Å². The average molecular weight is 687 g/mol. The molecule has 5 heterocycles. The number of rotatable bonds is 3. The molecular weight excluding hydrogens is 659 g/mol. The first-order chi connectivity index (χ1) is 19.8. The molecule has 1 amide bonds. The summed E-state index contributed by atoms with van der Waals surface area (Å²) in [6, 6.07) is 7.29. The molecule has 10 nitrogen and oxygen atoms in total. The van der Waals surface area contributed by atoms with Crippen molar-refractivity contribution in [3.05, 3.63) is 55.9 Å². The number of carbonyl (C=O) groups excluding carboxylic acids is 2. The Kier molecular flexibility index (Phi) is 7.73. The van der Waals surface area contributed by atoms with Gasteiger partial charge in [-0.15, -0.1) is 0 Å². The van der Waals surface area contributed by atoms with Crippen molar-refractivity contribution >= 4 is 64.1 Å². The maximum atomic E-state index is 13.1. The number of benzene rings is 1. The highest BCUT2D eigenvalue weighted by atomic mass is 127. The van der Waals surface area contributed by atoms with E-state index in [9.17, 15) is 9.59 Å². The van der Waals surface area contributed by atoms with Gasteiger partial charge in [-0.05, 0) is 59.7 Å². The molecule has 2 atom stereocenters. The summed E-state index contributed by atoms with van der Waals surface area (Å²) < 4.78 is 14.7. The number of nitrogens with zero attached hydrogens (tertiary/aromatic N) is 5. The van der Waals surface area contributed by atoms with Crippen LogP contribution in [0.3, 0.4) is 0 Å². The molecule has 1 aromatic carbocycles. The van der Waals surface area contributed by atoms with Crippen LogP contribution in [0.4, 0.5) is 5.69 Å². The van der Waals surface area contributed by atoms with Crippen LogP contribution >= 0.6 is 34.2 Å². The molecule has 1 N–H and O–H groups in total. The lowest BCUT2D eigenvalue weighted by molar-refractivity contribution is -0.119. The number of fused-ring (bicyclic) bond motifs is 6. The van der Waals surface area contributed by atoms with Crippen molar-refractivity contribution in [3.8, 4) is 22.9 Å². The molecule has 212 valence electrons. The topological polar surface area (TPSA) is 111 Å². The molecule has 2 bridgehead atoms. The van der Waals surface area contributed by atoms with Gasteiger partial charge in [0.15, 0.2) is 5.75 Å². The van der Waals surface area contributed by atoms with Crippen molar-refractivity contribution < 1.29 is 19.1 Å². The molecule has 12 heteroatoms. The van der Waals surface area contributed by atoms with Gasteiger partial charge < -0.3 is 19.7 Å². The van der Waals surface area contributed by atoms with Crippen LogP contribution in [0.2, 0.25) is 5.02 Å². The summed E-state index contributed by atoms with van der Waals surface area (Å²) in [6.45, 7) is 3.04. The number of anilines is 1. The lowest BCUT2D eigenvalue weighted by Crippen LogP contribution is -2.33. The Morgan fingerprint density at radius 3 is 2.83 bits per heavy atom. The van der Waals surface area contributed by atoms with Crippen LogP contribution in [0.5, 0.6) is 11.6 Å². The summed E-state index contributed by atoms with van der Waals surface area (Å²) in [5.41, 5.74) is 4.77. The lowest BCUT2D eigenvalue weighted by atomic mass is 9.95. The first-order valence-electron chi connectivity index (χ1n) is 13.4. The largest absolute Gasteiger partial charge is 0.484 e. The molecule has 0 saturated carbocycles. The molecule has 3 aromatic rings. The number of aldehydes is 1. The molecule has 2 aromatic heterocycles. The van der Waals surface area contributed by atoms with Crippen LogP contribution in [0.25, 0.3) is 17.0 Å². The molecular formula is C29H28ClIN6O4. The Labute approximate surface area is 255 Å². The Morgan fingerprint density at radius 1 is 1.17 bits per heavy atom. The van der Waals surface area contributed by atoms with Crippen molar-refractivity contribution in [2.75, 3.05) is 25.1 Å². The lowest BCUT2D eigenvalue weighted by Gasteiger charge is -2.34. The molecule has 0 aliphatic carbocycles. The zero-order valence-electron chi connectivity index (χ0n) is 22.6. The number of hydrogen-bond donors (Lipinski definition) is 1. The third-order valence-corrected chi connectivity index (χ3v) is 8.78. The van der Waals surface area contributed by atoms with Crippen molar-refractivity contribution in [2.24, 2.45) is 18.0 Å². The van der Waals surface area contributed by atoms with Gasteiger partial charge in [0.1, 0.15) is 19.5 Å². The number of hydrogen-bond acceptors (Lipinski definition) is 8. The molecule has 0 spiro atoms. The van der Waals surface area contributed by atoms with Gasteiger partial charge in [-0.25, -0.2) is 9.98 Å². The average Bonchev–Trinajstić information content (AvgIpc) is 3.34. The van der Waals surface area contributed by atoms with Crippen LogP contribution in [-0.2, 0) is 16.6 Å². The van der Waals surface area contributed by atoms with E-state index in [0.717, 1.165) is 33.1 Å². The maximum absolute atomic E-state index is 13.1. The van der Waals surface area contributed by atoms with E-state index < -0.39 is 0 Å². The summed E-state index contributed by atoms with van der Waals surface area (Å²) in [6.07, 6.45) is 6.42. The molecule has 0 radical (unpaired) electrons. The second kappa shape index (κ2) is 11.4. The minimum atomic E-state index is -0.241. The van der Waals surface area contributed by atoms with Crippen LogP contribution in [-0.4, -0.2) is 58.0 Å². The summed E-state index contributed by atoms with van der Waals surface area (Å²) >= 11 is 8.51. The number of amides is 1. The van der Waals surface area contributed by atoms with Crippen molar-refractivity contribution in [3.63, 3.8) is 0 Å². The number of aryl methyl sites for hydroxylation is 1. The highest BCUT2D eigenvalue weighted by Gasteiger charge is 2.32. The number of halogens is 2. The zero-order chi connectivity index (χ0) is 28.7. The van der Waals surface area contributed by atoms with Gasteiger partial charge in [-0.2, -0.15) is 5.10 Å². The van der Waals surface area contributed by atoms with E-state index in [-0.39, 0.29) is 17.9 Å². The number of ether oxygens (including phenoxy) is 2. The Balaban J connectivity index is 1.46. The molecule has 0 saturated heterocycles. The van der Waals surface area contributed by atoms with Gasteiger partial charge in [0.05, 0.1) is 46.9 Å². The Bertz CT molecular complexity index is 1600. The fourth-order valence-electron chi connectivity index (χ4n) is 5.46. The van der Waals surface area contributed by atoms with Crippen molar-refractivity contribution in [1.29, 1.82) is 0 Å². The van der Waals surface area contributed by atoms with Gasteiger partial charge in [0.2, 0.25) is 5.91 Å². The first-order valence-corrected chi connectivity index (χ1v) is 14.9. The number of carbonyl (C=O) groups is 2. The molecule has 0 fully saturated rings. The quantitative estimate of drug-likeness (QED) is 0.296. The Hall–Kier alpha value is -3.45. The summed E-state index contributed by atoms with van der Waals surface area (Å²) in [4.78, 5) is 37.2. The molecule has 6 rings (SSSR count). The summed E-state index contributed by atoms with van der Waals surface area (Å²) in [7, 11) is 1.82. The van der Waals surface area contributed by atoms with E-state index >= 15 is 0 Å². The predicted molar refractivity (Wildman–Crippen MR) is 164 cm³/mol. The monoisotopic (exact) mass is 686 g/mol. The van der Waals surface area contributed by atoms with E-state index in [1.807, 2.05) is 43.1 Å². The molecule has 0 unspecified atom stereocenters. The minimum absolute atomic E-state index is 0.0665. The van der Waals surface area contributed by atoms with E-state index in [0.29, 0.717) is 71.9 Å². The SMILES string of the molecule is C[C@@H]1CCC[C@H](N2C=NC(c3cc(Cl)ccc3I)=C(C=O)C2)c2cc(c3c(n2)OCCO3)-c2c(cnn2C)NC1=O. The maximum Gasteiger partial charge on any atom is 0.258 e. The predicted octanol–water partition coefficient (Wildman–Crippen LogP) is 5.27. The summed E-state index contributed by atoms with van der Waals surface area (Å²) in [5.74, 6) is 0.636. The highest BCUT2D eigenvalue weighted by molar-refractivity contribution is 14.1. The smallest absolute Gasteiger partial charge is 0.258 e. The fraction of sp³-hybridized carbons (Fsp3) is 0.345. The van der Waals surface area contributed by atoms with Crippen LogP contribution in [0.1, 0.15) is 43.5 Å². The standard InChI is InChI=1S/C29H28ClIN6O4/c1-16-4-3-5-24(37-13-17(14-38)25(32-15-37)19-10-18(30)6-7-21(19)31)22-11-20(27-29(35-22)41-9-8-40-27)26-23(34-28(16)39)12-33-36(26)2/h6-7,10-12,14-16,24H,3-5,8-9,13H2,1-2H3,(H,34,39)/t16-,24+/m1/s1. The van der Waals surface area contributed by atoms with Gasteiger partial charge in [-0.3, -0.25) is 14.3 Å². The third kappa shape index (κ3) is 5.32. The van der Waals surface area contributed by atoms with Crippen molar-refractivity contribution in [2.45, 2.75) is 32.2 Å². The van der Waals surface area contributed by atoms with Gasteiger partial charge in [0.25, 0.3) is 5.88 Å². The Morgan fingerprint density at radius 2 is 2.00 bits per heavy atom. The van der Waals surface area contributed by atoms with Gasteiger partial charge in [-0.1, -0.05) is 24.9 Å². The number of pyridine rings is 1. The highest BCUT2D eigenvalue weighted by Crippen LogP contribution is 2.44. The fourth-order valence-corrected chi connectivity index (χ4v) is 6.23. The first kappa shape index (κ1) is 27.7. The van der Waals surface area contributed by atoms with Crippen LogP contribution in [0.15, 0.2) is 41.0 Å². The molecule has 3 aliphatic rings. The number of nitrogens with one attached hydrogen (secondary N) is 1. The van der Waals surface area contributed by atoms with E-state index in [1.54, 1.807) is 17.2 Å². The third-order valence-electron chi connectivity index (χ3n) is 7.60. The minimum Gasteiger partial charge on any atom is -0.484 e. The number of aliphatic imine (C=N–C) groups is 1. The second-order valence-corrected chi connectivity index (χ2v) is 11.9.